The molecule has 2 aromatic rings. The minimum absolute atomic E-state index is 0.0863. The molecule has 162 valence electrons. The fourth-order valence-electron chi connectivity index (χ4n) is 3.78. The lowest BCUT2D eigenvalue weighted by Crippen LogP contribution is -2.18. The quantitative estimate of drug-likeness (QED) is 0.502. The lowest BCUT2D eigenvalue weighted by molar-refractivity contribution is -0.275. The summed E-state index contributed by atoms with van der Waals surface area (Å²) in [7, 11) is 0. The molecule has 3 rings (SSSR count). The zero-order valence-electron chi connectivity index (χ0n) is 16.1. The van der Waals surface area contributed by atoms with E-state index < -0.39 is 46.4 Å². The predicted molar refractivity (Wildman–Crippen MR) is 100 cm³/mol. The molecule has 0 spiro atoms. The van der Waals surface area contributed by atoms with Crippen LogP contribution in [0.3, 0.4) is 0 Å². The van der Waals surface area contributed by atoms with E-state index in [1.165, 1.54) is 12.1 Å². The Bertz CT molecular complexity index is 965. The van der Waals surface area contributed by atoms with Gasteiger partial charge in [0.15, 0.2) is 23.1 Å². The van der Waals surface area contributed by atoms with Crippen LogP contribution in [0.15, 0.2) is 30.3 Å². The van der Waals surface area contributed by atoms with Crippen LogP contribution >= 0.6 is 0 Å². The second kappa shape index (κ2) is 8.62. The zero-order valence-corrected chi connectivity index (χ0v) is 16.1. The smallest absolute Gasteiger partial charge is 0.504 e. The number of benzene rings is 2. The van der Waals surface area contributed by atoms with E-state index in [1.807, 2.05) is 6.08 Å². The molecule has 30 heavy (non-hydrogen) atoms. The molecule has 8 heteroatoms. The molecule has 0 fully saturated rings. The fraction of sp³-hybridized carbons (Fsp3) is 0.364. The van der Waals surface area contributed by atoms with Gasteiger partial charge < -0.3 is 9.84 Å². The van der Waals surface area contributed by atoms with Crippen LogP contribution < -0.4 is 4.74 Å². The van der Waals surface area contributed by atoms with E-state index in [1.54, 1.807) is 0 Å². The molecule has 0 saturated heterocycles. The Morgan fingerprint density at radius 2 is 1.60 bits per heavy atom. The maximum atomic E-state index is 14.7. The lowest BCUT2D eigenvalue weighted by atomic mass is 9.84. The monoisotopic (exact) mass is 430 g/mol. The van der Waals surface area contributed by atoms with E-state index in [-0.39, 0.29) is 5.56 Å². The third kappa shape index (κ3) is 4.57. The molecule has 0 saturated carbocycles. The highest BCUT2D eigenvalue weighted by molar-refractivity contribution is 5.75. The van der Waals surface area contributed by atoms with Crippen molar-refractivity contribution in [1.29, 1.82) is 0 Å². The Hall–Kier alpha value is -2.64. The molecule has 2 nitrogen and oxygen atoms in total. The first-order chi connectivity index (χ1) is 14.1. The zero-order chi connectivity index (χ0) is 22.1. The third-order valence-electron chi connectivity index (χ3n) is 5.24. The minimum Gasteiger partial charge on any atom is -0.504 e. The van der Waals surface area contributed by atoms with Gasteiger partial charge in [0.2, 0.25) is 5.82 Å². The van der Waals surface area contributed by atoms with Crippen molar-refractivity contribution in [2.45, 2.75) is 45.4 Å². The summed E-state index contributed by atoms with van der Waals surface area (Å²) in [6, 6.07) is 3.94. The second-order valence-electron chi connectivity index (χ2n) is 7.27. The van der Waals surface area contributed by atoms with Crippen molar-refractivity contribution in [3.8, 4) is 22.6 Å². The van der Waals surface area contributed by atoms with Crippen molar-refractivity contribution < 1.29 is 36.2 Å². The average Bonchev–Trinajstić information content (AvgIpc) is 2.68. The predicted octanol–water partition coefficient (Wildman–Crippen LogP) is 7.36. The highest BCUT2D eigenvalue weighted by atomic mass is 19.4. The molecule has 2 aromatic carbocycles. The summed E-state index contributed by atoms with van der Waals surface area (Å²) in [5, 5.41) is 9.92. The number of phenolic OH excluding ortho intramolecular Hbond substituents is 1. The van der Waals surface area contributed by atoms with Crippen LogP contribution in [0.2, 0.25) is 0 Å². The standard InChI is InChI=1S/C22H20F6O2/c1-2-3-12-4-6-13(7-5-12)14-8-9-15(19(24)18(14)23)16-10-11-17(20(25)21(16)29)30-22(26,27)28/h6,8-12,29H,2-5,7H2,1H3. The molecular weight excluding hydrogens is 410 g/mol. The van der Waals surface area contributed by atoms with Crippen molar-refractivity contribution in [2.75, 3.05) is 0 Å². The molecule has 0 amide bonds. The number of halogens is 6. The summed E-state index contributed by atoms with van der Waals surface area (Å²) in [6.07, 6.45) is 1.09. The van der Waals surface area contributed by atoms with Crippen LogP contribution in [0.25, 0.3) is 16.7 Å². The van der Waals surface area contributed by atoms with Gasteiger partial charge in [-0.2, -0.15) is 4.39 Å². The molecular formula is C22H20F6O2. The van der Waals surface area contributed by atoms with Gasteiger partial charge in [0.1, 0.15) is 0 Å². The number of phenols is 1. The molecule has 1 atom stereocenters. The summed E-state index contributed by atoms with van der Waals surface area (Å²) in [5.41, 5.74) is -0.185. The van der Waals surface area contributed by atoms with Crippen LogP contribution in [0.5, 0.6) is 11.5 Å². The van der Waals surface area contributed by atoms with Crippen molar-refractivity contribution in [3.05, 3.63) is 53.4 Å². The molecule has 1 aliphatic rings. The first-order valence-electron chi connectivity index (χ1n) is 9.57. The normalized spacial score (nSPS) is 17.0. The van der Waals surface area contributed by atoms with Crippen molar-refractivity contribution in [3.63, 3.8) is 0 Å². The van der Waals surface area contributed by atoms with Gasteiger partial charge in [-0.05, 0) is 42.9 Å². The van der Waals surface area contributed by atoms with Crippen LogP contribution in [-0.4, -0.2) is 11.5 Å². The summed E-state index contributed by atoms with van der Waals surface area (Å²) in [5.74, 6) is -6.20. The maximum absolute atomic E-state index is 14.7. The fourth-order valence-corrected chi connectivity index (χ4v) is 3.78. The average molecular weight is 430 g/mol. The van der Waals surface area contributed by atoms with Gasteiger partial charge in [-0.15, -0.1) is 13.2 Å². The van der Waals surface area contributed by atoms with E-state index in [0.29, 0.717) is 24.0 Å². The highest BCUT2D eigenvalue weighted by Crippen LogP contribution is 2.41. The van der Waals surface area contributed by atoms with Crippen LogP contribution in [-0.2, 0) is 0 Å². The largest absolute Gasteiger partial charge is 0.573 e. The summed E-state index contributed by atoms with van der Waals surface area (Å²) in [6.45, 7) is 2.09. The van der Waals surface area contributed by atoms with Crippen molar-refractivity contribution in [1.82, 2.24) is 0 Å². The Kier molecular flexibility index (Phi) is 6.33. The van der Waals surface area contributed by atoms with Gasteiger partial charge in [-0.25, -0.2) is 8.78 Å². The van der Waals surface area contributed by atoms with Gasteiger partial charge >= 0.3 is 6.36 Å². The Morgan fingerprint density at radius 3 is 2.20 bits per heavy atom. The maximum Gasteiger partial charge on any atom is 0.573 e. The van der Waals surface area contributed by atoms with Gasteiger partial charge in [-0.1, -0.05) is 38.0 Å². The van der Waals surface area contributed by atoms with Crippen molar-refractivity contribution >= 4 is 5.57 Å². The second-order valence-corrected chi connectivity index (χ2v) is 7.27. The SMILES string of the molecule is CCCC1CC=C(c2ccc(-c3ccc(OC(F)(F)F)c(F)c3O)c(F)c2F)CC1. The first-order valence-corrected chi connectivity index (χ1v) is 9.57. The molecule has 1 unspecified atom stereocenters. The van der Waals surface area contributed by atoms with Crippen LogP contribution in [0.1, 0.15) is 44.6 Å². The number of alkyl halides is 3. The van der Waals surface area contributed by atoms with Gasteiger partial charge in [0.25, 0.3) is 0 Å². The molecule has 1 N–H and O–H groups in total. The topological polar surface area (TPSA) is 29.5 Å². The van der Waals surface area contributed by atoms with E-state index in [0.717, 1.165) is 31.7 Å². The molecule has 0 aliphatic heterocycles. The lowest BCUT2D eigenvalue weighted by Gasteiger charge is -2.22. The van der Waals surface area contributed by atoms with Gasteiger partial charge in [0, 0.05) is 16.7 Å². The minimum atomic E-state index is -5.17. The number of rotatable bonds is 5. The Labute approximate surface area is 169 Å². The highest BCUT2D eigenvalue weighted by Gasteiger charge is 2.33. The first kappa shape index (κ1) is 22.1. The molecule has 0 bridgehead atoms. The summed E-state index contributed by atoms with van der Waals surface area (Å²) >= 11 is 0. The number of hydrogen-bond donors (Lipinski definition) is 1. The van der Waals surface area contributed by atoms with Crippen LogP contribution in [0, 0.1) is 23.4 Å². The number of aromatic hydroxyl groups is 1. The van der Waals surface area contributed by atoms with Crippen LogP contribution in [0.4, 0.5) is 26.3 Å². The summed E-state index contributed by atoms with van der Waals surface area (Å²) < 4.78 is 83.9. The third-order valence-corrected chi connectivity index (χ3v) is 5.24. The van der Waals surface area contributed by atoms with E-state index in [9.17, 15) is 31.4 Å². The summed E-state index contributed by atoms with van der Waals surface area (Å²) in [4.78, 5) is 0. The molecule has 0 aromatic heterocycles. The molecule has 0 heterocycles. The molecule has 1 aliphatic carbocycles. The van der Waals surface area contributed by atoms with Gasteiger partial charge in [-0.3, -0.25) is 0 Å². The van der Waals surface area contributed by atoms with E-state index in [2.05, 4.69) is 11.7 Å². The number of allylic oxidation sites excluding steroid dienone is 2. The molecule has 0 radical (unpaired) electrons. The van der Waals surface area contributed by atoms with Gasteiger partial charge in [0.05, 0.1) is 0 Å². The number of hydrogen-bond acceptors (Lipinski definition) is 2. The van der Waals surface area contributed by atoms with Crippen molar-refractivity contribution in [2.24, 2.45) is 5.92 Å². The van der Waals surface area contributed by atoms with E-state index in [4.69, 9.17) is 0 Å². The van der Waals surface area contributed by atoms with E-state index >= 15 is 0 Å². The Morgan fingerprint density at radius 1 is 0.967 bits per heavy atom. The Balaban J connectivity index is 1.94. The number of ether oxygens (including phenoxy) is 1.